The van der Waals surface area contributed by atoms with Gasteiger partial charge in [0.05, 0.1) is 12.9 Å². The van der Waals surface area contributed by atoms with E-state index in [4.69, 9.17) is 19.9 Å². The minimum absolute atomic E-state index is 0.0501. The number of carbonyl (C=O) groups is 3. The van der Waals surface area contributed by atoms with Crippen LogP contribution < -0.4 is 11.1 Å². The van der Waals surface area contributed by atoms with Gasteiger partial charge < -0.3 is 19.9 Å². The van der Waals surface area contributed by atoms with Crippen molar-refractivity contribution >= 4 is 17.8 Å². The molecule has 1 rings (SSSR count). The van der Waals surface area contributed by atoms with E-state index in [2.05, 4.69) is 19.2 Å². The first-order valence-electron chi connectivity index (χ1n) is 9.75. The van der Waals surface area contributed by atoms with Gasteiger partial charge in [0, 0.05) is 18.9 Å². The van der Waals surface area contributed by atoms with Gasteiger partial charge in [-0.15, -0.1) is 0 Å². The first kappa shape index (κ1) is 23.9. The number of ether oxygens (including phenoxy) is 3. The lowest BCUT2D eigenvalue weighted by Crippen LogP contribution is -2.58. The summed E-state index contributed by atoms with van der Waals surface area (Å²) in [5.74, 6) is -0.799. The Labute approximate surface area is 167 Å². The molecule has 1 unspecified atom stereocenters. The van der Waals surface area contributed by atoms with Crippen LogP contribution in [-0.4, -0.2) is 48.2 Å². The van der Waals surface area contributed by atoms with Gasteiger partial charge in [0.15, 0.2) is 5.78 Å². The molecule has 1 aliphatic heterocycles. The second-order valence-corrected chi connectivity index (χ2v) is 8.13. The number of alkyl carbamates (subject to hydrolysis) is 1. The van der Waals surface area contributed by atoms with Gasteiger partial charge in [-0.2, -0.15) is 0 Å². The molecule has 1 amide bonds. The Morgan fingerprint density at radius 1 is 1.39 bits per heavy atom. The number of esters is 1. The van der Waals surface area contributed by atoms with Crippen molar-refractivity contribution in [2.45, 2.75) is 77.5 Å². The van der Waals surface area contributed by atoms with Gasteiger partial charge in [-0.3, -0.25) is 10.1 Å². The van der Waals surface area contributed by atoms with Gasteiger partial charge >= 0.3 is 12.1 Å². The van der Waals surface area contributed by atoms with Crippen LogP contribution >= 0.6 is 0 Å². The van der Waals surface area contributed by atoms with Crippen LogP contribution in [0.2, 0.25) is 0 Å². The summed E-state index contributed by atoms with van der Waals surface area (Å²) in [6.45, 7) is 9.71. The fraction of sp³-hybridized carbons (Fsp3) is 0.750. The molecule has 0 saturated carbocycles. The monoisotopic (exact) mass is 398 g/mol. The van der Waals surface area contributed by atoms with Crippen LogP contribution in [0.5, 0.6) is 0 Å². The zero-order chi connectivity index (χ0) is 21.4. The lowest BCUT2D eigenvalue weighted by Gasteiger charge is -2.27. The number of cyclic esters (lactones) is 1. The minimum atomic E-state index is -1.68. The third kappa shape index (κ3) is 7.14. The number of hydrogen-bond acceptors (Lipinski definition) is 7. The normalized spacial score (nSPS) is 21.9. The van der Waals surface area contributed by atoms with E-state index in [1.54, 1.807) is 26.8 Å². The van der Waals surface area contributed by atoms with Gasteiger partial charge in [0.2, 0.25) is 5.54 Å². The van der Waals surface area contributed by atoms with Gasteiger partial charge in [-0.1, -0.05) is 20.3 Å². The largest absolute Gasteiger partial charge is 0.500 e. The van der Waals surface area contributed by atoms with Gasteiger partial charge in [-0.25, -0.2) is 9.59 Å². The van der Waals surface area contributed by atoms with E-state index in [-0.39, 0.29) is 25.5 Å². The zero-order valence-electron chi connectivity index (χ0n) is 17.6. The number of nitrogens with two attached hydrogens (primary N) is 1. The summed E-state index contributed by atoms with van der Waals surface area (Å²) in [7, 11) is 0. The van der Waals surface area contributed by atoms with Crippen LogP contribution in [0.15, 0.2) is 12.3 Å². The highest BCUT2D eigenvalue weighted by atomic mass is 16.6. The number of rotatable bonds is 10. The van der Waals surface area contributed by atoms with E-state index in [9.17, 15) is 14.4 Å². The van der Waals surface area contributed by atoms with Gasteiger partial charge in [0.25, 0.3) is 0 Å². The molecule has 0 aliphatic carbocycles. The van der Waals surface area contributed by atoms with Gasteiger partial charge in [0.1, 0.15) is 12.2 Å². The standard InChI is InChI=1S/C20H34N2O6/c1-6-14(2)15(21)13-26-11-8-7-9-16(23)20(10-12-27-17(20)24)22-18(25)28-19(3,4)5/h8,11,14-15H,6-7,9-10,12-13,21H2,1-5H3,(H,22,25)/t14-,15?,20-/m0/s1. The predicted molar refractivity (Wildman–Crippen MR) is 104 cm³/mol. The molecule has 160 valence electrons. The molecule has 1 fully saturated rings. The maximum Gasteiger partial charge on any atom is 0.408 e. The molecule has 1 aliphatic rings. The van der Waals surface area contributed by atoms with Crippen LogP contribution in [0.3, 0.4) is 0 Å². The molecule has 0 radical (unpaired) electrons. The number of amides is 1. The van der Waals surface area contributed by atoms with Gasteiger partial charge in [-0.05, 0) is 39.2 Å². The molecule has 0 bridgehead atoms. The molecule has 3 atom stereocenters. The van der Waals surface area contributed by atoms with E-state index < -0.39 is 29.0 Å². The topological polar surface area (TPSA) is 117 Å². The average molecular weight is 399 g/mol. The molecular weight excluding hydrogens is 364 g/mol. The summed E-state index contributed by atoms with van der Waals surface area (Å²) in [5.41, 5.74) is 3.55. The van der Waals surface area contributed by atoms with Crippen LogP contribution in [0.4, 0.5) is 4.79 Å². The Bertz CT molecular complexity index is 584. The highest BCUT2D eigenvalue weighted by Crippen LogP contribution is 2.24. The van der Waals surface area contributed by atoms with Crippen molar-refractivity contribution in [2.75, 3.05) is 13.2 Å². The molecule has 0 aromatic rings. The Morgan fingerprint density at radius 2 is 2.07 bits per heavy atom. The molecule has 8 nitrogen and oxygen atoms in total. The summed E-state index contributed by atoms with van der Waals surface area (Å²) < 4.78 is 15.5. The third-order valence-electron chi connectivity index (χ3n) is 4.64. The molecule has 0 aromatic carbocycles. The minimum Gasteiger partial charge on any atom is -0.500 e. The summed E-state index contributed by atoms with van der Waals surface area (Å²) in [5, 5.41) is 2.43. The van der Waals surface area contributed by atoms with E-state index in [0.717, 1.165) is 6.42 Å². The molecule has 1 heterocycles. The smallest absolute Gasteiger partial charge is 0.408 e. The predicted octanol–water partition coefficient (Wildman–Crippen LogP) is 2.45. The summed E-state index contributed by atoms with van der Waals surface area (Å²) in [6.07, 6.45) is 3.88. The van der Waals surface area contributed by atoms with E-state index in [1.165, 1.54) is 6.26 Å². The van der Waals surface area contributed by atoms with Crippen LogP contribution in [0.1, 0.15) is 60.3 Å². The first-order chi connectivity index (χ1) is 13.0. The van der Waals surface area contributed by atoms with Crippen molar-refractivity contribution in [1.29, 1.82) is 0 Å². The first-order valence-corrected chi connectivity index (χ1v) is 9.75. The molecule has 1 saturated heterocycles. The van der Waals surface area contributed by atoms with Crippen LogP contribution in [0.25, 0.3) is 0 Å². The highest BCUT2D eigenvalue weighted by Gasteiger charge is 2.52. The van der Waals surface area contributed by atoms with Crippen molar-refractivity contribution in [3.63, 3.8) is 0 Å². The Hall–Kier alpha value is -2.09. The second kappa shape index (κ2) is 10.5. The lowest BCUT2D eigenvalue weighted by molar-refractivity contribution is -0.147. The maximum absolute atomic E-state index is 12.7. The number of carbonyl (C=O) groups excluding carboxylic acids is 3. The SMILES string of the molecule is CC[C@H](C)C(N)COC=CCCC(=O)[C@@]1(NC(=O)OC(C)(C)C)CCOC1=O. The molecule has 8 heteroatoms. The number of Topliss-reactive ketones (excluding diaryl/α,β-unsaturated/α-hetero) is 1. The number of nitrogens with one attached hydrogen (secondary N) is 1. The Balaban J connectivity index is 2.56. The van der Waals surface area contributed by atoms with Crippen LogP contribution in [0, 0.1) is 5.92 Å². The maximum atomic E-state index is 12.7. The highest BCUT2D eigenvalue weighted by molar-refractivity contribution is 6.11. The van der Waals surface area contributed by atoms with Crippen molar-refractivity contribution in [3.05, 3.63) is 12.3 Å². The summed E-state index contributed by atoms with van der Waals surface area (Å²) >= 11 is 0. The van der Waals surface area contributed by atoms with Crippen molar-refractivity contribution in [1.82, 2.24) is 5.32 Å². The fourth-order valence-electron chi connectivity index (χ4n) is 2.63. The molecule has 3 N–H and O–H groups in total. The summed E-state index contributed by atoms with van der Waals surface area (Å²) in [6, 6.07) is -0.0501. The molecular formula is C20H34N2O6. The molecule has 0 aromatic heterocycles. The molecule has 0 spiro atoms. The van der Waals surface area contributed by atoms with Crippen LogP contribution in [-0.2, 0) is 23.8 Å². The average Bonchev–Trinajstić information content (AvgIpc) is 2.96. The quantitative estimate of drug-likeness (QED) is 0.330. The zero-order valence-corrected chi connectivity index (χ0v) is 17.6. The third-order valence-corrected chi connectivity index (χ3v) is 4.64. The Kier molecular flexibility index (Phi) is 8.94. The van der Waals surface area contributed by atoms with E-state index in [0.29, 0.717) is 18.9 Å². The lowest BCUT2D eigenvalue weighted by atomic mass is 9.89. The Morgan fingerprint density at radius 3 is 2.61 bits per heavy atom. The van der Waals surface area contributed by atoms with Crippen molar-refractivity contribution in [3.8, 4) is 0 Å². The number of ketones is 1. The van der Waals surface area contributed by atoms with E-state index in [1.807, 2.05) is 0 Å². The number of hydrogen-bond donors (Lipinski definition) is 2. The molecule has 28 heavy (non-hydrogen) atoms. The number of allylic oxidation sites excluding steroid dienone is 1. The summed E-state index contributed by atoms with van der Waals surface area (Å²) in [4.78, 5) is 36.9. The van der Waals surface area contributed by atoms with E-state index >= 15 is 0 Å². The fourth-order valence-corrected chi connectivity index (χ4v) is 2.63. The van der Waals surface area contributed by atoms with Crippen molar-refractivity contribution < 1.29 is 28.6 Å². The van der Waals surface area contributed by atoms with Crippen molar-refractivity contribution in [2.24, 2.45) is 11.7 Å². The second-order valence-electron chi connectivity index (χ2n) is 8.13.